The number of aryl methyl sites for hydroxylation is 1. The Balaban J connectivity index is 1.16. The third-order valence-electron chi connectivity index (χ3n) is 9.48. The summed E-state index contributed by atoms with van der Waals surface area (Å²) in [6, 6.07) is 25.9. The van der Waals surface area contributed by atoms with E-state index in [1.807, 2.05) is 73.7 Å². The number of rotatable bonds is 5. The highest BCUT2D eigenvalue weighted by Gasteiger charge is 2.69. The van der Waals surface area contributed by atoms with Crippen LogP contribution in [0.25, 0.3) is 0 Å². The third-order valence-corrected chi connectivity index (χ3v) is 12.1. The highest BCUT2D eigenvalue weighted by Crippen LogP contribution is 2.68. The normalized spacial score (nSPS) is 29.4. The molecule has 2 aliphatic carbocycles. The van der Waals surface area contributed by atoms with E-state index in [2.05, 4.69) is 17.1 Å². The molecule has 0 spiro atoms. The molecule has 2 saturated carbocycles. The minimum absolute atomic E-state index is 0.0345. The molecular formula is C33H28N2O4S2. The number of fused-ring (bicyclic) bond motifs is 9. The molecule has 8 heteroatoms. The van der Waals surface area contributed by atoms with Gasteiger partial charge in [0.2, 0.25) is 11.8 Å². The number of ether oxygens (including phenoxy) is 1. The zero-order valence-corrected chi connectivity index (χ0v) is 24.0. The predicted molar refractivity (Wildman–Crippen MR) is 159 cm³/mol. The van der Waals surface area contributed by atoms with Crippen molar-refractivity contribution in [2.75, 3.05) is 4.90 Å². The minimum atomic E-state index is -0.312. The van der Waals surface area contributed by atoms with Crippen LogP contribution in [-0.2, 0) is 16.2 Å². The Morgan fingerprint density at radius 2 is 1.66 bits per heavy atom. The van der Waals surface area contributed by atoms with E-state index in [1.165, 1.54) is 16.2 Å². The van der Waals surface area contributed by atoms with E-state index in [0.29, 0.717) is 12.3 Å². The summed E-state index contributed by atoms with van der Waals surface area (Å²) in [5, 5.41) is 1.07. The zero-order chi connectivity index (χ0) is 27.8. The number of benzene rings is 3. The molecule has 3 aromatic carbocycles. The molecule has 1 N–H and O–H groups in total. The van der Waals surface area contributed by atoms with Crippen molar-refractivity contribution in [1.29, 1.82) is 0 Å². The molecule has 2 bridgehead atoms. The first kappa shape index (κ1) is 25.1. The van der Waals surface area contributed by atoms with Crippen molar-refractivity contribution < 1.29 is 14.3 Å². The van der Waals surface area contributed by atoms with E-state index >= 15 is 0 Å². The van der Waals surface area contributed by atoms with Crippen molar-refractivity contribution in [2.45, 2.75) is 36.1 Å². The van der Waals surface area contributed by atoms with Crippen molar-refractivity contribution in [3.8, 4) is 5.75 Å². The van der Waals surface area contributed by atoms with Crippen LogP contribution < -0.4 is 14.5 Å². The number of imide groups is 1. The van der Waals surface area contributed by atoms with Gasteiger partial charge in [0.1, 0.15) is 12.4 Å². The maximum absolute atomic E-state index is 13.9. The topological polar surface area (TPSA) is 79.5 Å². The van der Waals surface area contributed by atoms with E-state index in [9.17, 15) is 14.4 Å². The smallest absolute Gasteiger partial charge is 0.305 e. The van der Waals surface area contributed by atoms with Gasteiger partial charge in [0, 0.05) is 16.0 Å². The molecule has 3 heterocycles. The van der Waals surface area contributed by atoms with Crippen LogP contribution in [-0.4, -0.2) is 22.0 Å². The van der Waals surface area contributed by atoms with Crippen molar-refractivity contribution in [3.63, 3.8) is 0 Å². The number of aromatic nitrogens is 1. The van der Waals surface area contributed by atoms with Crippen molar-refractivity contribution in [3.05, 3.63) is 110 Å². The Hall–Kier alpha value is -3.62. The van der Waals surface area contributed by atoms with E-state index in [1.54, 1.807) is 11.8 Å². The summed E-state index contributed by atoms with van der Waals surface area (Å²) in [4.78, 5) is 45.8. The van der Waals surface area contributed by atoms with Crippen LogP contribution in [0.1, 0.15) is 33.9 Å². The number of thiazole rings is 1. The second-order valence-corrected chi connectivity index (χ2v) is 13.9. The lowest BCUT2D eigenvalue weighted by Crippen LogP contribution is -2.42. The molecule has 41 heavy (non-hydrogen) atoms. The summed E-state index contributed by atoms with van der Waals surface area (Å²) in [5.74, 6) is 0.353. The number of anilines is 1. The summed E-state index contributed by atoms with van der Waals surface area (Å²) in [6.45, 7) is 2.47. The molecule has 3 fully saturated rings. The molecule has 8 rings (SSSR count). The van der Waals surface area contributed by atoms with Gasteiger partial charge >= 0.3 is 4.87 Å². The number of hydrogen-bond acceptors (Lipinski definition) is 6. The van der Waals surface area contributed by atoms with Crippen LogP contribution in [0.15, 0.2) is 88.7 Å². The number of amides is 2. The van der Waals surface area contributed by atoms with Gasteiger partial charge in [0.15, 0.2) is 0 Å². The summed E-state index contributed by atoms with van der Waals surface area (Å²) in [5.41, 5.74) is 3.95. The Morgan fingerprint density at radius 3 is 2.44 bits per heavy atom. The van der Waals surface area contributed by atoms with Crippen molar-refractivity contribution in [1.82, 2.24) is 4.98 Å². The van der Waals surface area contributed by atoms with Gasteiger partial charge in [-0.1, -0.05) is 71.5 Å². The van der Waals surface area contributed by atoms with Gasteiger partial charge in [0.05, 0.1) is 22.5 Å². The van der Waals surface area contributed by atoms with Crippen LogP contribution in [0.5, 0.6) is 5.75 Å². The third kappa shape index (κ3) is 3.87. The number of hydrogen-bond donors (Lipinski definition) is 1. The van der Waals surface area contributed by atoms with Crippen LogP contribution in [0.4, 0.5) is 5.69 Å². The predicted octanol–water partition coefficient (Wildman–Crippen LogP) is 6.00. The van der Waals surface area contributed by atoms with Crippen LogP contribution in [0, 0.1) is 36.5 Å². The highest BCUT2D eigenvalue weighted by molar-refractivity contribution is 8.00. The molecule has 1 aromatic heterocycles. The van der Waals surface area contributed by atoms with Crippen molar-refractivity contribution >= 4 is 40.6 Å². The van der Waals surface area contributed by atoms with Gasteiger partial charge in [-0.25, -0.2) is 0 Å². The van der Waals surface area contributed by atoms with E-state index in [-0.39, 0.29) is 57.4 Å². The van der Waals surface area contributed by atoms with Crippen LogP contribution >= 0.6 is 23.1 Å². The largest absolute Gasteiger partial charge is 0.489 e. The zero-order valence-electron chi connectivity index (χ0n) is 22.4. The molecule has 0 unspecified atom stereocenters. The monoisotopic (exact) mass is 580 g/mol. The maximum Gasteiger partial charge on any atom is 0.305 e. The highest BCUT2D eigenvalue weighted by atomic mass is 32.2. The summed E-state index contributed by atoms with van der Waals surface area (Å²) in [6.07, 6.45) is 0.872. The fourth-order valence-corrected chi connectivity index (χ4v) is 10.8. The maximum atomic E-state index is 13.9. The van der Waals surface area contributed by atoms with Gasteiger partial charge in [-0.15, -0.1) is 11.8 Å². The standard InChI is InChI=1S/C33H28N2O4S2/c1-17-10-12-20(13-11-17)35-31(36)26-22-15-23(27(26)32(35)37)28-25(22)24(29-30(40-28)34-33(38)41-29)19-8-5-9-21(14-19)39-16-18-6-3-2-4-7-18/h2-14,22-28H,15-16H2,1H3,(H,34,38)/t22-,23-,24+,25+,26+,27+,28-/m1/s1. The first-order valence-corrected chi connectivity index (χ1v) is 15.8. The second-order valence-electron chi connectivity index (χ2n) is 11.7. The van der Waals surface area contributed by atoms with E-state index in [4.69, 9.17) is 4.74 Å². The lowest BCUT2D eigenvalue weighted by molar-refractivity contribution is -0.123. The fraction of sp³-hybridized carbons (Fsp3) is 0.303. The quantitative estimate of drug-likeness (QED) is 0.293. The molecule has 206 valence electrons. The average molecular weight is 581 g/mol. The fourth-order valence-electron chi connectivity index (χ4n) is 7.88. The van der Waals surface area contributed by atoms with Crippen LogP contribution in [0.3, 0.4) is 0 Å². The lowest BCUT2D eigenvalue weighted by Gasteiger charge is -2.43. The van der Waals surface area contributed by atoms with Gasteiger partial charge < -0.3 is 9.72 Å². The summed E-state index contributed by atoms with van der Waals surface area (Å²) < 4.78 is 6.19. The number of carbonyl (C=O) groups is 2. The molecule has 2 amide bonds. The minimum Gasteiger partial charge on any atom is -0.489 e. The Bertz CT molecular complexity index is 1730. The first-order valence-electron chi connectivity index (χ1n) is 14.1. The Labute approximate surface area is 245 Å². The molecule has 1 saturated heterocycles. The first-order chi connectivity index (χ1) is 20.0. The van der Waals surface area contributed by atoms with E-state index < -0.39 is 0 Å². The number of thioether (sulfide) groups is 1. The SMILES string of the molecule is Cc1ccc(N2C(=O)[C@H]3[C@H]4C[C@@H]([C@@H]3C2=O)[C@H]2[C@H](c3cccc(OCc5ccccc5)c3)c3sc(=O)[nH]c3S[C@H]42)cc1. The Kier molecular flexibility index (Phi) is 5.80. The van der Waals surface area contributed by atoms with Gasteiger partial charge in [-0.05, 0) is 66.5 Å². The molecule has 0 radical (unpaired) electrons. The lowest BCUT2D eigenvalue weighted by atomic mass is 9.68. The molecule has 4 aromatic rings. The van der Waals surface area contributed by atoms with Gasteiger partial charge in [-0.3, -0.25) is 19.3 Å². The number of H-pyrrole nitrogens is 1. The summed E-state index contributed by atoms with van der Waals surface area (Å²) in [7, 11) is 0. The average Bonchev–Trinajstić information content (AvgIpc) is 3.72. The number of carbonyl (C=O) groups excluding carboxylic acids is 2. The molecule has 6 nitrogen and oxygen atoms in total. The molecule has 7 atom stereocenters. The summed E-state index contributed by atoms with van der Waals surface area (Å²) >= 11 is 2.99. The number of aromatic amines is 1. The van der Waals surface area contributed by atoms with E-state index in [0.717, 1.165) is 38.8 Å². The van der Waals surface area contributed by atoms with Gasteiger partial charge in [-0.2, -0.15) is 0 Å². The Morgan fingerprint density at radius 1 is 0.902 bits per heavy atom. The number of nitrogens with one attached hydrogen (secondary N) is 1. The van der Waals surface area contributed by atoms with Crippen molar-refractivity contribution in [2.24, 2.45) is 29.6 Å². The van der Waals surface area contributed by atoms with Gasteiger partial charge in [0.25, 0.3) is 0 Å². The number of nitrogens with zero attached hydrogens (tertiary/aromatic N) is 1. The molecule has 2 aliphatic heterocycles. The molecular weight excluding hydrogens is 553 g/mol. The van der Waals surface area contributed by atoms with Crippen LogP contribution in [0.2, 0.25) is 0 Å². The second kappa shape index (κ2) is 9.46. The molecule has 4 aliphatic rings.